The number of nitrogens with zero attached hydrogens (tertiary/aromatic N) is 2. The number of carbonyl (C=O) groups is 2. The van der Waals surface area contributed by atoms with Crippen molar-refractivity contribution in [3.63, 3.8) is 0 Å². The number of likely N-dealkylation sites (tertiary alicyclic amines) is 1. The molecule has 0 spiro atoms. The number of para-hydroxylation sites is 1. The van der Waals surface area contributed by atoms with Gasteiger partial charge in [0.1, 0.15) is 11.5 Å². The summed E-state index contributed by atoms with van der Waals surface area (Å²) in [7, 11) is 1.54. The molecule has 6 nitrogen and oxygen atoms in total. The first kappa shape index (κ1) is 21.9. The molecule has 0 bridgehead atoms. The van der Waals surface area contributed by atoms with Gasteiger partial charge in [-0.25, -0.2) is 0 Å². The van der Waals surface area contributed by atoms with Gasteiger partial charge in [0, 0.05) is 23.5 Å². The fourth-order valence-electron chi connectivity index (χ4n) is 3.74. The number of amides is 1. The number of Topliss-reactive ketones (excluding diaryl/α,β-unsaturated/α-hetero) is 1. The Kier molecular flexibility index (Phi) is 6.17. The molecule has 1 atom stereocenters. The maximum absolute atomic E-state index is 13.1. The van der Waals surface area contributed by atoms with Crippen LogP contribution in [0.2, 0.25) is 10.0 Å². The fourth-order valence-corrected chi connectivity index (χ4v) is 4.04. The number of rotatable bonds is 5. The molecule has 1 aromatic heterocycles. The van der Waals surface area contributed by atoms with Crippen LogP contribution in [-0.4, -0.2) is 33.8 Å². The third kappa shape index (κ3) is 3.95. The van der Waals surface area contributed by atoms with Crippen LogP contribution in [0, 0.1) is 0 Å². The fraction of sp³-hybridized carbons (Fsp3) is 0.125. The zero-order valence-corrected chi connectivity index (χ0v) is 18.5. The third-order valence-corrected chi connectivity index (χ3v) is 6.01. The van der Waals surface area contributed by atoms with Crippen molar-refractivity contribution >= 4 is 40.7 Å². The van der Waals surface area contributed by atoms with E-state index >= 15 is 0 Å². The van der Waals surface area contributed by atoms with Crippen LogP contribution in [0.15, 0.2) is 72.6 Å². The number of hydrogen-bond acceptors (Lipinski definition) is 5. The Hall–Kier alpha value is -3.35. The third-order valence-electron chi connectivity index (χ3n) is 5.27. The van der Waals surface area contributed by atoms with E-state index in [1.165, 1.54) is 30.2 Å². The van der Waals surface area contributed by atoms with Gasteiger partial charge < -0.3 is 14.7 Å². The monoisotopic (exact) mass is 468 g/mol. The highest BCUT2D eigenvalue weighted by Crippen LogP contribution is 2.41. The summed E-state index contributed by atoms with van der Waals surface area (Å²) in [5.74, 6) is -1.27. The molecule has 1 fully saturated rings. The first-order valence-electron chi connectivity index (χ1n) is 9.68. The summed E-state index contributed by atoms with van der Waals surface area (Å²) in [6, 6.07) is 14.4. The van der Waals surface area contributed by atoms with Crippen molar-refractivity contribution in [3.05, 3.63) is 99.3 Å². The van der Waals surface area contributed by atoms with Crippen molar-refractivity contribution in [3.8, 4) is 5.75 Å². The predicted octanol–water partition coefficient (Wildman–Crippen LogP) is 5.02. The van der Waals surface area contributed by atoms with E-state index in [2.05, 4.69) is 4.98 Å². The van der Waals surface area contributed by atoms with Crippen molar-refractivity contribution in [2.24, 2.45) is 0 Å². The van der Waals surface area contributed by atoms with Crippen LogP contribution in [0.4, 0.5) is 0 Å². The number of ether oxygens (including phenoxy) is 1. The molecule has 0 saturated carbocycles. The van der Waals surface area contributed by atoms with Gasteiger partial charge in [-0.3, -0.25) is 14.6 Å². The Morgan fingerprint density at radius 1 is 1.09 bits per heavy atom. The maximum atomic E-state index is 13.1. The van der Waals surface area contributed by atoms with E-state index in [9.17, 15) is 14.7 Å². The minimum atomic E-state index is -0.844. The molecule has 0 radical (unpaired) electrons. The number of aromatic nitrogens is 1. The second-order valence-corrected chi connectivity index (χ2v) is 7.97. The minimum absolute atomic E-state index is 0.0451. The lowest BCUT2D eigenvalue weighted by atomic mass is 9.96. The Labute approximate surface area is 194 Å². The normalized spacial score (nSPS) is 17.6. The van der Waals surface area contributed by atoms with Crippen molar-refractivity contribution in [1.82, 2.24) is 9.88 Å². The number of ketones is 1. The van der Waals surface area contributed by atoms with E-state index in [1.54, 1.807) is 30.6 Å². The van der Waals surface area contributed by atoms with E-state index in [0.29, 0.717) is 16.3 Å². The van der Waals surface area contributed by atoms with Crippen LogP contribution in [-0.2, 0) is 16.1 Å². The van der Waals surface area contributed by atoms with Crippen LogP contribution in [0.1, 0.15) is 22.7 Å². The standard InChI is InChI=1S/C24H18Cl2N2O4/c1-32-19-7-3-2-5-16(19)13-28-21(15-6-4-10-27-12-15)20(23(30)24(28)31)22(29)14-8-9-17(25)18(26)11-14/h2-12,21,29H,13H2,1H3/b22-20-. The molecule has 1 N–H and O–H groups in total. The van der Waals surface area contributed by atoms with Gasteiger partial charge in [-0.1, -0.05) is 47.5 Å². The number of aliphatic hydroxyl groups excluding tert-OH is 1. The number of halogens is 2. The average Bonchev–Trinajstić information content (AvgIpc) is 3.06. The van der Waals surface area contributed by atoms with Crippen LogP contribution in [0.5, 0.6) is 5.75 Å². The molecular formula is C24H18Cl2N2O4. The molecule has 1 saturated heterocycles. The van der Waals surface area contributed by atoms with E-state index < -0.39 is 17.7 Å². The van der Waals surface area contributed by atoms with Gasteiger partial charge in [0.2, 0.25) is 0 Å². The number of methoxy groups -OCH3 is 1. The highest BCUT2D eigenvalue weighted by Gasteiger charge is 2.46. The molecule has 2 aromatic carbocycles. The molecule has 1 unspecified atom stereocenters. The number of benzene rings is 2. The van der Waals surface area contributed by atoms with Crippen LogP contribution in [0.3, 0.4) is 0 Å². The van der Waals surface area contributed by atoms with Gasteiger partial charge >= 0.3 is 0 Å². The van der Waals surface area contributed by atoms with Gasteiger partial charge in [0.05, 0.1) is 35.3 Å². The van der Waals surface area contributed by atoms with Crippen LogP contribution in [0.25, 0.3) is 5.76 Å². The van der Waals surface area contributed by atoms with Crippen molar-refractivity contribution in [2.75, 3.05) is 7.11 Å². The molecule has 0 aliphatic carbocycles. The quantitative estimate of drug-likeness (QED) is 0.323. The largest absolute Gasteiger partial charge is 0.507 e. The summed E-state index contributed by atoms with van der Waals surface area (Å²) in [6.45, 7) is 0.103. The summed E-state index contributed by atoms with van der Waals surface area (Å²) < 4.78 is 5.40. The predicted molar refractivity (Wildman–Crippen MR) is 122 cm³/mol. The zero-order valence-electron chi connectivity index (χ0n) is 17.0. The molecule has 32 heavy (non-hydrogen) atoms. The van der Waals surface area contributed by atoms with E-state index in [-0.39, 0.29) is 28.5 Å². The molecule has 3 aromatic rings. The first-order chi connectivity index (χ1) is 15.4. The second-order valence-electron chi connectivity index (χ2n) is 7.15. The van der Waals surface area contributed by atoms with Crippen molar-refractivity contribution < 1.29 is 19.4 Å². The van der Waals surface area contributed by atoms with Crippen molar-refractivity contribution in [1.29, 1.82) is 0 Å². The average molecular weight is 469 g/mol. The lowest BCUT2D eigenvalue weighted by molar-refractivity contribution is -0.140. The Morgan fingerprint density at radius 3 is 2.56 bits per heavy atom. The smallest absolute Gasteiger partial charge is 0.295 e. The number of carbonyl (C=O) groups excluding carboxylic acids is 2. The Balaban J connectivity index is 1.87. The molecule has 2 heterocycles. The molecule has 8 heteroatoms. The van der Waals surface area contributed by atoms with Gasteiger partial charge in [0.25, 0.3) is 11.7 Å². The number of pyridine rings is 1. The molecule has 4 rings (SSSR count). The molecular weight excluding hydrogens is 451 g/mol. The summed E-state index contributed by atoms with van der Waals surface area (Å²) in [4.78, 5) is 31.7. The van der Waals surface area contributed by atoms with Gasteiger partial charge in [-0.2, -0.15) is 0 Å². The lowest BCUT2D eigenvalue weighted by Gasteiger charge is -2.25. The molecule has 162 valence electrons. The highest BCUT2D eigenvalue weighted by atomic mass is 35.5. The van der Waals surface area contributed by atoms with E-state index in [1.807, 2.05) is 18.2 Å². The number of hydrogen-bond donors (Lipinski definition) is 1. The summed E-state index contributed by atoms with van der Waals surface area (Å²) >= 11 is 12.1. The molecule has 1 aliphatic heterocycles. The maximum Gasteiger partial charge on any atom is 0.295 e. The highest BCUT2D eigenvalue weighted by molar-refractivity contribution is 6.46. The SMILES string of the molecule is COc1ccccc1CN1C(=O)C(=O)/C(=C(\O)c2ccc(Cl)c(Cl)c2)C1c1cccnc1. The van der Waals surface area contributed by atoms with E-state index in [0.717, 1.165) is 5.56 Å². The summed E-state index contributed by atoms with van der Waals surface area (Å²) in [5, 5.41) is 11.6. The van der Waals surface area contributed by atoms with Crippen LogP contribution < -0.4 is 4.74 Å². The molecule has 1 amide bonds. The van der Waals surface area contributed by atoms with Crippen LogP contribution >= 0.6 is 23.2 Å². The topological polar surface area (TPSA) is 79.7 Å². The Bertz CT molecular complexity index is 1230. The Morgan fingerprint density at radius 2 is 1.88 bits per heavy atom. The lowest BCUT2D eigenvalue weighted by Crippen LogP contribution is -2.29. The second kappa shape index (κ2) is 9.02. The minimum Gasteiger partial charge on any atom is -0.507 e. The van der Waals surface area contributed by atoms with Crippen molar-refractivity contribution in [2.45, 2.75) is 12.6 Å². The molecule has 1 aliphatic rings. The summed E-state index contributed by atoms with van der Waals surface area (Å²) in [6.07, 6.45) is 3.16. The van der Waals surface area contributed by atoms with E-state index in [4.69, 9.17) is 27.9 Å². The van der Waals surface area contributed by atoms with Gasteiger partial charge in [-0.15, -0.1) is 0 Å². The van der Waals surface area contributed by atoms with Gasteiger partial charge in [0.15, 0.2) is 0 Å². The zero-order chi connectivity index (χ0) is 22.8. The number of aliphatic hydroxyl groups is 1. The van der Waals surface area contributed by atoms with Gasteiger partial charge in [-0.05, 0) is 35.9 Å². The summed E-state index contributed by atoms with van der Waals surface area (Å²) in [5.41, 5.74) is 1.54. The first-order valence-corrected chi connectivity index (χ1v) is 10.4.